The summed E-state index contributed by atoms with van der Waals surface area (Å²) in [7, 11) is 0. The molecule has 0 aliphatic heterocycles. The first-order chi connectivity index (χ1) is 11.3. The standard InChI is InChI=1S/C21H32O3/c1-12(22)15-7-8-16-14-6-4-13-5-9-18(23)19(24)21(13,3)17(14)10-11-20(15,16)2/h4,14-19,23-24H,5-11H2,1-3H3/t14-,15+,16-,17-,18?,19?,20+,21-/m0/s1. The molecule has 0 saturated heterocycles. The van der Waals surface area contributed by atoms with Crippen molar-refractivity contribution in [1.82, 2.24) is 0 Å². The van der Waals surface area contributed by atoms with E-state index in [-0.39, 0.29) is 16.7 Å². The van der Waals surface area contributed by atoms with E-state index in [2.05, 4.69) is 19.9 Å². The van der Waals surface area contributed by atoms with Crippen LogP contribution in [0.25, 0.3) is 0 Å². The van der Waals surface area contributed by atoms with Crippen LogP contribution in [0.2, 0.25) is 0 Å². The lowest BCUT2D eigenvalue weighted by molar-refractivity contribution is -0.137. The van der Waals surface area contributed by atoms with Crippen LogP contribution in [0.3, 0.4) is 0 Å². The fourth-order valence-electron chi connectivity index (χ4n) is 7.41. The molecule has 4 aliphatic rings. The molecule has 134 valence electrons. The van der Waals surface area contributed by atoms with Gasteiger partial charge in [-0.1, -0.05) is 25.5 Å². The van der Waals surface area contributed by atoms with Gasteiger partial charge in [-0.3, -0.25) is 4.79 Å². The Labute approximate surface area is 145 Å². The molecule has 2 unspecified atom stereocenters. The Kier molecular flexibility index (Phi) is 3.78. The van der Waals surface area contributed by atoms with Gasteiger partial charge in [-0.2, -0.15) is 0 Å². The van der Waals surface area contributed by atoms with E-state index >= 15 is 0 Å². The number of fused-ring (bicyclic) bond motifs is 5. The molecular weight excluding hydrogens is 300 g/mol. The highest BCUT2D eigenvalue weighted by Gasteiger charge is 2.61. The molecule has 2 N–H and O–H groups in total. The van der Waals surface area contributed by atoms with Crippen molar-refractivity contribution < 1.29 is 15.0 Å². The highest BCUT2D eigenvalue weighted by molar-refractivity contribution is 5.79. The molecule has 3 heteroatoms. The molecule has 0 aromatic rings. The van der Waals surface area contributed by atoms with Crippen LogP contribution in [0, 0.1) is 34.5 Å². The summed E-state index contributed by atoms with van der Waals surface area (Å²) in [5, 5.41) is 21.2. The highest BCUT2D eigenvalue weighted by atomic mass is 16.3. The predicted molar refractivity (Wildman–Crippen MR) is 93.3 cm³/mol. The first kappa shape index (κ1) is 16.8. The number of hydrogen-bond acceptors (Lipinski definition) is 3. The number of carbonyl (C=O) groups excluding carboxylic acids is 1. The number of Topliss-reactive ketones (excluding diaryl/α,β-unsaturated/α-hetero) is 1. The van der Waals surface area contributed by atoms with Gasteiger partial charge in [0.25, 0.3) is 0 Å². The van der Waals surface area contributed by atoms with Crippen LogP contribution < -0.4 is 0 Å². The second kappa shape index (κ2) is 5.41. The fourth-order valence-corrected chi connectivity index (χ4v) is 7.41. The van der Waals surface area contributed by atoms with Crippen molar-refractivity contribution in [3.63, 3.8) is 0 Å². The van der Waals surface area contributed by atoms with E-state index in [1.807, 2.05) is 0 Å². The summed E-state index contributed by atoms with van der Waals surface area (Å²) in [6, 6.07) is 0. The normalized spacial score (nSPS) is 53.6. The number of aliphatic hydroxyl groups is 2. The van der Waals surface area contributed by atoms with Crippen LogP contribution in [0.5, 0.6) is 0 Å². The Morgan fingerprint density at radius 2 is 1.88 bits per heavy atom. The number of ketones is 1. The zero-order valence-corrected chi connectivity index (χ0v) is 15.3. The molecule has 3 saturated carbocycles. The summed E-state index contributed by atoms with van der Waals surface area (Å²) in [6.45, 7) is 6.31. The van der Waals surface area contributed by atoms with E-state index in [9.17, 15) is 15.0 Å². The van der Waals surface area contributed by atoms with Crippen LogP contribution in [-0.2, 0) is 4.79 Å². The lowest BCUT2D eigenvalue weighted by Crippen LogP contribution is -2.57. The SMILES string of the molecule is CC(=O)[C@H]1CC[C@H]2[C@@H]3CC=C4CCC(O)C(O)[C@]4(C)[C@H]3CC[C@]12C. The van der Waals surface area contributed by atoms with Gasteiger partial charge in [0, 0.05) is 11.3 Å². The van der Waals surface area contributed by atoms with Crippen molar-refractivity contribution in [2.75, 3.05) is 0 Å². The largest absolute Gasteiger partial charge is 0.390 e. The maximum absolute atomic E-state index is 12.2. The smallest absolute Gasteiger partial charge is 0.133 e. The van der Waals surface area contributed by atoms with E-state index in [1.165, 1.54) is 5.57 Å². The fraction of sp³-hybridized carbons (Fsp3) is 0.857. The van der Waals surface area contributed by atoms with Crippen molar-refractivity contribution >= 4 is 5.78 Å². The second-order valence-corrected chi connectivity index (χ2v) is 9.46. The minimum absolute atomic E-state index is 0.146. The van der Waals surface area contributed by atoms with E-state index in [4.69, 9.17) is 0 Å². The van der Waals surface area contributed by atoms with Crippen LogP contribution in [0.1, 0.15) is 65.7 Å². The van der Waals surface area contributed by atoms with Gasteiger partial charge >= 0.3 is 0 Å². The summed E-state index contributed by atoms with van der Waals surface area (Å²) in [5.41, 5.74) is 1.26. The molecule has 0 heterocycles. The average Bonchev–Trinajstić information content (AvgIpc) is 2.89. The van der Waals surface area contributed by atoms with E-state index in [0.717, 1.165) is 38.5 Å². The van der Waals surface area contributed by atoms with Crippen molar-refractivity contribution in [2.45, 2.75) is 77.9 Å². The van der Waals surface area contributed by atoms with Crippen LogP contribution in [0.4, 0.5) is 0 Å². The Balaban J connectivity index is 1.70. The summed E-state index contributed by atoms with van der Waals surface area (Å²) < 4.78 is 0. The van der Waals surface area contributed by atoms with Crippen molar-refractivity contribution in [3.05, 3.63) is 11.6 Å². The third-order valence-electron chi connectivity index (χ3n) is 8.71. The molecular formula is C21H32O3. The molecule has 0 spiro atoms. The molecule has 0 aromatic carbocycles. The number of rotatable bonds is 1. The number of carbonyl (C=O) groups is 1. The molecule has 0 aromatic heterocycles. The number of allylic oxidation sites excluding steroid dienone is 1. The summed E-state index contributed by atoms with van der Waals surface area (Å²) in [5.74, 6) is 2.19. The van der Waals surface area contributed by atoms with Crippen LogP contribution in [0.15, 0.2) is 11.6 Å². The Hall–Kier alpha value is -0.670. The first-order valence-corrected chi connectivity index (χ1v) is 9.86. The third-order valence-corrected chi connectivity index (χ3v) is 8.71. The minimum Gasteiger partial charge on any atom is -0.390 e. The van der Waals surface area contributed by atoms with Crippen LogP contribution in [-0.4, -0.2) is 28.2 Å². The van der Waals surface area contributed by atoms with Gasteiger partial charge < -0.3 is 10.2 Å². The second-order valence-electron chi connectivity index (χ2n) is 9.46. The molecule has 3 fully saturated rings. The summed E-state index contributed by atoms with van der Waals surface area (Å²) in [6.07, 6.45) is 8.23. The molecule has 0 amide bonds. The zero-order chi connectivity index (χ0) is 17.3. The Morgan fingerprint density at radius 3 is 2.58 bits per heavy atom. The van der Waals surface area contributed by atoms with E-state index in [0.29, 0.717) is 30.0 Å². The third kappa shape index (κ3) is 2.00. The molecule has 8 atom stereocenters. The van der Waals surface area contributed by atoms with Crippen molar-refractivity contribution in [3.8, 4) is 0 Å². The first-order valence-electron chi connectivity index (χ1n) is 9.86. The molecule has 3 nitrogen and oxygen atoms in total. The summed E-state index contributed by atoms with van der Waals surface area (Å²) >= 11 is 0. The van der Waals surface area contributed by atoms with Gasteiger partial charge in [-0.25, -0.2) is 0 Å². The lowest BCUT2D eigenvalue weighted by atomic mass is 9.46. The molecule has 4 rings (SSSR count). The van der Waals surface area contributed by atoms with Gasteiger partial charge in [0.15, 0.2) is 0 Å². The van der Waals surface area contributed by atoms with E-state index in [1.54, 1.807) is 6.92 Å². The van der Waals surface area contributed by atoms with Gasteiger partial charge in [-0.05, 0) is 75.0 Å². The predicted octanol–water partition coefficient (Wildman–Crippen LogP) is 3.49. The number of hydrogen-bond donors (Lipinski definition) is 2. The Bertz CT molecular complexity index is 582. The highest BCUT2D eigenvalue weighted by Crippen LogP contribution is 2.66. The average molecular weight is 332 g/mol. The maximum atomic E-state index is 12.2. The molecule has 0 bridgehead atoms. The van der Waals surface area contributed by atoms with Gasteiger partial charge in [0.1, 0.15) is 5.78 Å². The minimum atomic E-state index is -0.639. The topological polar surface area (TPSA) is 57.5 Å². The quantitative estimate of drug-likeness (QED) is 0.723. The molecule has 24 heavy (non-hydrogen) atoms. The lowest BCUT2D eigenvalue weighted by Gasteiger charge is -2.59. The zero-order valence-electron chi connectivity index (χ0n) is 15.3. The molecule has 0 radical (unpaired) electrons. The van der Waals surface area contributed by atoms with Crippen LogP contribution >= 0.6 is 0 Å². The van der Waals surface area contributed by atoms with Gasteiger partial charge in [-0.15, -0.1) is 0 Å². The molecule has 4 aliphatic carbocycles. The van der Waals surface area contributed by atoms with Crippen molar-refractivity contribution in [2.24, 2.45) is 34.5 Å². The monoisotopic (exact) mass is 332 g/mol. The van der Waals surface area contributed by atoms with Gasteiger partial charge in [0.05, 0.1) is 12.2 Å². The van der Waals surface area contributed by atoms with Gasteiger partial charge in [0.2, 0.25) is 0 Å². The van der Waals surface area contributed by atoms with Crippen molar-refractivity contribution in [1.29, 1.82) is 0 Å². The Morgan fingerprint density at radius 1 is 1.12 bits per heavy atom. The maximum Gasteiger partial charge on any atom is 0.133 e. The summed E-state index contributed by atoms with van der Waals surface area (Å²) in [4.78, 5) is 12.2. The van der Waals surface area contributed by atoms with E-state index < -0.39 is 12.2 Å². The number of aliphatic hydroxyl groups excluding tert-OH is 2.